The number of halogens is 1. The molecule has 0 aliphatic carbocycles. The number of carbonyl (C=O) groups is 4. The van der Waals surface area contributed by atoms with E-state index in [0.717, 1.165) is 10.5 Å². The van der Waals surface area contributed by atoms with Gasteiger partial charge in [-0.1, -0.05) is 24.3 Å². The number of amides is 4. The summed E-state index contributed by atoms with van der Waals surface area (Å²) in [4.78, 5) is 50.2. The van der Waals surface area contributed by atoms with Gasteiger partial charge in [0.2, 0.25) is 0 Å². The SMILES string of the molecule is COC(=O)c1ccc(N2C(=O)NC(=O)/C(=C\c3ccc(OCc4ccc(F)cc4)cc3)C2=O)cc1. The number of ether oxygens (including phenoxy) is 2. The third-order valence-corrected chi connectivity index (χ3v) is 5.16. The highest BCUT2D eigenvalue weighted by Gasteiger charge is 2.36. The number of urea groups is 1. The van der Waals surface area contributed by atoms with E-state index in [9.17, 15) is 23.6 Å². The van der Waals surface area contributed by atoms with Crippen LogP contribution in [0.15, 0.2) is 78.4 Å². The van der Waals surface area contributed by atoms with Crippen LogP contribution in [0.4, 0.5) is 14.9 Å². The highest BCUT2D eigenvalue weighted by atomic mass is 19.1. The Morgan fingerprint density at radius 2 is 1.60 bits per heavy atom. The van der Waals surface area contributed by atoms with Crippen LogP contribution in [0.25, 0.3) is 6.08 Å². The van der Waals surface area contributed by atoms with Crippen molar-refractivity contribution in [3.05, 3.63) is 101 Å². The number of methoxy groups -OCH3 is 1. The van der Waals surface area contributed by atoms with Gasteiger partial charge in [0.25, 0.3) is 11.8 Å². The minimum atomic E-state index is -0.896. The number of benzene rings is 3. The molecular formula is C26H19FN2O6. The van der Waals surface area contributed by atoms with Crippen LogP contribution in [0, 0.1) is 5.82 Å². The van der Waals surface area contributed by atoms with E-state index in [1.165, 1.54) is 49.6 Å². The number of nitrogens with one attached hydrogen (secondary N) is 1. The van der Waals surface area contributed by atoms with E-state index in [1.54, 1.807) is 36.4 Å². The van der Waals surface area contributed by atoms with Crippen molar-refractivity contribution in [1.82, 2.24) is 5.32 Å². The molecule has 0 saturated carbocycles. The largest absolute Gasteiger partial charge is 0.489 e. The van der Waals surface area contributed by atoms with E-state index < -0.39 is 23.8 Å². The van der Waals surface area contributed by atoms with E-state index in [4.69, 9.17) is 4.74 Å². The van der Waals surface area contributed by atoms with Gasteiger partial charge in [-0.05, 0) is 65.7 Å². The van der Waals surface area contributed by atoms with Crippen molar-refractivity contribution < 1.29 is 33.0 Å². The Labute approximate surface area is 199 Å². The van der Waals surface area contributed by atoms with Crippen LogP contribution in [-0.4, -0.2) is 30.9 Å². The van der Waals surface area contributed by atoms with Crippen molar-refractivity contribution in [1.29, 1.82) is 0 Å². The normalized spacial score (nSPS) is 14.6. The first-order valence-corrected chi connectivity index (χ1v) is 10.4. The highest BCUT2D eigenvalue weighted by Crippen LogP contribution is 2.23. The molecule has 35 heavy (non-hydrogen) atoms. The summed E-state index contributed by atoms with van der Waals surface area (Å²) >= 11 is 0. The molecule has 3 aromatic rings. The fourth-order valence-electron chi connectivity index (χ4n) is 3.33. The molecule has 0 unspecified atom stereocenters. The van der Waals surface area contributed by atoms with Crippen molar-refractivity contribution in [2.45, 2.75) is 6.61 Å². The maximum atomic E-state index is 13.0. The van der Waals surface area contributed by atoms with Crippen LogP contribution in [0.3, 0.4) is 0 Å². The zero-order chi connectivity index (χ0) is 24.9. The Hall–Kier alpha value is -4.79. The Bertz CT molecular complexity index is 1320. The van der Waals surface area contributed by atoms with Gasteiger partial charge < -0.3 is 9.47 Å². The smallest absolute Gasteiger partial charge is 0.337 e. The van der Waals surface area contributed by atoms with Gasteiger partial charge in [-0.15, -0.1) is 0 Å². The highest BCUT2D eigenvalue weighted by molar-refractivity contribution is 6.39. The first-order valence-electron chi connectivity index (χ1n) is 10.4. The molecule has 0 spiro atoms. The number of esters is 1. The fraction of sp³-hybridized carbons (Fsp3) is 0.0769. The summed E-state index contributed by atoms with van der Waals surface area (Å²) in [5.41, 5.74) is 1.53. The Morgan fingerprint density at radius 3 is 2.23 bits per heavy atom. The maximum absolute atomic E-state index is 13.0. The molecule has 1 saturated heterocycles. The minimum absolute atomic E-state index is 0.183. The van der Waals surface area contributed by atoms with Crippen molar-refractivity contribution in [3.63, 3.8) is 0 Å². The van der Waals surface area contributed by atoms with Crippen molar-refractivity contribution in [2.24, 2.45) is 0 Å². The third kappa shape index (κ3) is 5.25. The number of hydrogen-bond donors (Lipinski definition) is 1. The second kappa shape index (κ2) is 10.0. The monoisotopic (exact) mass is 474 g/mol. The number of imide groups is 2. The lowest BCUT2D eigenvalue weighted by molar-refractivity contribution is -0.122. The second-order valence-electron chi connectivity index (χ2n) is 7.48. The van der Waals surface area contributed by atoms with E-state index in [1.807, 2.05) is 0 Å². The number of anilines is 1. The van der Waals surface area contributed by atoms with E-state index >= 15 is 0 Å². The summed E-state index contributed by atoms with van der Waals surface area (Å²) in [6.07, 6.45) is 1.36. The van der Waals surface area contributed by atoms with Crippen LogP contribution in [0.5, 0.6) is 5.75 Å². The summed E-state index contributed by atoms with van der Waals surface area (Å²) < 4.78 is 23.3. The van der Waals surface area contributed by atoms with Gasteiger partial charge in [0, 0.05) is 0 Å². The minimum Gasteiger partial charge on any atom is -0.489 e. The summed E-state index contributed by atoms with van der Waals surface area (Å²) in [6.45, 7) is 0.243. The molecule has 9 heteroatoms. The van der Waals surface area contributed by atoms with Crippen LogP contribution in [0.1, 0.15) is 21.5 Å². The molecule has 0 aromatic heterocycles. The quantitative estimate of drug-likeness (QED) is 0.331. The molecule has 8 nitrogen and oxygen atoms in total. The first kappa shape index (κ1) is 23.4. The zero-order valence-electron chi connectivity index (χ0n) is 18.5. The van der Waals surface area contributed by atoms with E-state index in [2.05, 4.69) is 10.1 Å². The molecule has 1 aliphatic rings. The van der Waals surface area contributed by atoms with Crippen molar-refractivity contribution in [3.8, 4) is 5.75 Å². The molecule has 3 aromatic carbocycles. The fourth-order valence-corrected chi connectivity index (χ4v) is 3.33. The number of nitrogens with zero attached hydrogens (tertiary/aromatic N) is 1. The molecule has 1 aliphatic heterocycles. The van der Waals surface area contributed by atoms with Crippen LogP contribution < -0.4 is 15.0 Å². The average molecular weight is 474 g/mol. The van der Waals surface area contributed by atoms with Gasteiger partial charge in [0.1, 0.15) is 23.7 Å². The Kier molecular flexibility index (Phi) is 6.68. The Balaban J connectivity index is 1.50. The van der Waals surface area contributed by atoms with Gasteiger partial charge in [-0.25, -0.2) is 18.9 Å². The Morgan fingerprint density at radius 1 is 0.943 bits per heavy atom. The summed E-state index contributed by atoms with van der Waals surface area (Å²) in [7, 11) is 1.24. The topological polar surface area (TPSA) is 102 Å². The standard InChI is InChI=1S/C26H19FN2O6/c1-34-25(32)18-6-10-20(11-7-18)29-24(31)22(23(30)28-26(29)33)14-16-4-12-21(13-5-16)35-15-17-2-8-19(27)9-3-17/h2-14H,15H2,1H3,(H,28,30,33)/b22-14+. The molecule has 4 amide bonds. The molecule has 0 atom stereocenters. The zero-order valence-corrected chi connectivity index (χ0v) is 18.5. The predicted octanol–water partition coefficient (Wildman–Crippen LogP) is 3.86. The maximum Gasteiger partial charge on any atom is 0.337 e. The summed E-state index contributed by atoms with van der Waals surface area (Å²) in [5.74, 6) is -1.98. The third-order valence-electron chi connectivity index (χ3n) is 5.16. The van der Waals surface area contributed by atoms with Crippen molar-refractivity contribution in [2.75, 3.05) is 12.0 Å². The van der Waals surface area contributed by atoms with Crippen LogP contribution in [0.2, 0.25) is 0 Å². The number of rotatable bonds is 6. The van der Waals surface area contributed by atoms with Gasteiger partial charge in [0.15, 0.2) is 0 Å². The molecular weight excluding hydrogens is 455 g/mol. The average Bonchev–Trinajstić information content (AvgIpc) is 2.87. The molecule has 0 bridgehead atoms. The molecule has 0 radical (unpaired) electrons. The van der Waals surface area contributed by atoms with E-state index in [-0.39, 0.29) is 29.2 Å². The lowest BCUT2D eigenvalue weighted by Crippen LogP contribution is -2.54. The lowest BCUT2D eigenvalue weighted by atomic mass is 10.1. The molecule has 1 fully saturated rings. The number of carbonyl (C=O) groups excluding carboxylic acids is 4. The number of barbiturate groups is 1. The van der Waals surface area contributed by atoms with Crippen LogP contribution in [-0.2, 0) is 20.9 Å². The molecule has 1 heterocycles. The predicted molar refractivity (Wildman–Crippen MR) is 124 cm³/mol. The molecule has 1 N–H and O–H groups in total. The molecule has 4 rings (SSSR count). The summed E-state index contributed by atoms with van der Waals surface area (Å²) in [5, 5.41) is 2.15. The first-order chi connectivity index (χ1) is 16.9. The van der Waals surface area contributed by atoms with Gasteiger partial charge >= 0.3 is 12.0 Å². The van der Waals surface area contributed by atoms with E-state index in [0.29, 0.717) is 11.3 Å². The summed E-state index contributed by atoms with van der Waals surface area (Å²) in [6, 6.07) is 17.3. The van der Waals surface area contributed by atoms with Gasteiger partial charge in [-0.3, -0.25) is 14.9 Å². The number of hydrogen-bond acceptors (Lipinski definition) is 6. The van der Waals surface area contributed by atoms with Crippen molar-refractivity contribution >= 4 is 35.6 Å². The lowest BCUT2D eigenvalue weighted by Gasteiger charge is -2.26. The molecule has 176 valence electrons. The van der Waals surface area contributed by atoms with Gasteiger partial charge in [0.05, 0.1) is 18.4 Å². The van der Waals surface area contributed by atoms with Gasteiger partial charge in [-0.2, -0.15) is 0 Å². The second-order valence-corrected chi connectivity index (χ2v) is 7.48. The van der Waals surface area contributed by atoms with Crippen LogP contribution >= 0.6 is 0 Å².